The fourth-order valence-corrected chi connectivity index (χ4v) is 5.38. The van der Waals surface area contributed by atoms with Crippen LogP contribution in [0, 0.1) is 28.6 Å². The van der Waals surface area contributed by atoms with Crippen LogP contribution in [0.2, 0.25) is 0 Å². The summed E-state index contributed by atoms with van der Waals surface area (Å²) in [7, 11) is 0. The maximum absolute atomic E-state index is 10.3. The molecule has 21 heavy (non-hydrogen) atoms. The molecule has 0 aromatic carbocycles. The molecule has 0 spiro atoms. The second-order valence-corrected chi connectivity index (χ2v) is 8.90. The first-order chi connectivity index (χ1) is 9.66. The molecule has 0 bridgehead atoms. The number of aliphatic hydroxyl groups is 1. The van der Waals surface area contributed by atoms with E-state index in [0.29, 0.717) is 10.8 Å². The number of rotatable bonds is 4. The van der Waals surface area contributed by atoms with E-state index in [0.717, 1.165) is 30.6 Å². The van der Waals surface area contributed by atoms with Gasteiger partial charge in [-0.15, -0.1) is 6.58 Å². The Morgan fingerprint density at radius 1 is 1.19 bits per heavy atom. The van der Waals surface area contributed by atoms with Gasteiger partial charge in [0.15, 0.2) is 0 Å². The molecule has 2 rings (SSSR count). The zero-order chi connectivity index (χ0) is 15.9. The summed E-state index contributed by atoms with van der Waals surface area (Å²) in [6, 6.07) is 0. The summed E-state index contributed by atoms with van der Waals surface area (Å²) in [4.78, 5) is 0. The molecule has 2 fully saturated rings. The molecule has 2 saturated carbocycles. The largest absolute Gasteiger partial charge is 0.386 e. The van der Waals surface area contributed by atoms with Crippen molar-refractivity contribution in [2.45, 2.75) is 85.2 Å². The molecule has 6 unspecified atom stereocenters. The summed E-state index contributed by atoms with van der Waals surface area (Å²) in [5.41, 5.74) is 0.172. The van der Waals surface area contributed by atoms with E-state index in [4.69, 9.17) is 0 Å². The van der Waals surface area contributed by atoms with Gasteiger partial charge in [0.1, 0.15) is 0 Å². The summed E-state index contributed by atoms with van der Waals surface area (Å²) >= 11 is 0. The lowest BCUT2D eigenvalue weighted by Gasteiger charge is -2.60. The number of fused-ring (bicyclic) bond motifs is 1. The molecule has 2 aliphatic carbocycles. The van der Waals surface area contributed by atoms with Crippen LogP contribution in [-0.4, -0.2) is 10.7 Å². The molecule has 2 aliphatic rings. The van der Waals surface area contributed by atoms with Crippen molar-refractivity contribution in [2.75, 3.05) is 0 Å². The monoisotopic (exact) mass is 292 g/mol. The summed E-state index contributed by atoms with van der Waals surface area (Å²) < 4.78 is 0. The van der Waals surface area contributed by atoms with Gasteiger partial charge in [0.05, 0.1) is 5.60 Å². The first kappa shape index (κ1) is 17.1. The smallest absolute Gasteiger partial charge is 0.0797 e. The SMILES string of the molecule is C=CC(C)(O)CCC1(C)C(C)CCC2(C)C(C)CCCC21. The minimum Gasteiger partial charge on any atom is -0.386 e. The van der Waals surface area contributed by atoms with E-state index >= 15 is 0 Å². The van der Waals surface area contributed by atoms with Crippen LogP contribution in [-0.2, 0) is 0 Å². The van der Waals surface area contributed by atoms with E-state index in [1.165, 1.54) is 32.1 Å². The molecule has 0 amide bonds. The van der Waals surface area contributed by atoms with E-state index in [1.807, 2.05) is 6.92 Å². The van der Waals surface area contributed by atoms with Crippen LogP contribution in [0.3, 0.4) is 0 Å². The molecule has 0 saturated heterocycles. The molecule has 122 valence electrons. The van der Waals surface area contributed by atoms with Crippen LogP contribution in [0.5, 0.6) is 0 Å². The fraction of sp³-hybridized carbons (Fsp3) is 0.900. The second kappa shape index (κ2) is 5.72. The Morgan fingerprint density at radius 2 is 1.86 bits per heavy atom. The zero-order valence-corrected chi connectivity index (χ0v) is 14.9. The van der Waals surface area contributed by atoms with Crippen molar-refractivity contribution in [3.05, 3.63) is 12.7 Å². The lowest BCUT2D eigenvalue weighted by molar-refractivity contribution is -0.113. The van der Waals surface area contributed by atoms with Crippen molar-refractivity contribution in [1.29, 1.82) is 0 Å². The van der Waals surface area contributed by atoms with Gasteiger partial charge in [-0.3, -0.25) is 0 Å². The number of hydrogen-bond donors (Lipinski definition) is 1. The van der Waals surface area contributed by atoms with Gasteiger partial charge in [-0.25, -0.2) is 0 Å². The first-order valence-corrected chi connectivity index (χ1v) is 9.02. The van der Waals surface area contributed by atoms with E-state index in [1.54, 1.807) is 6.08 Å². The van der Waals surface area contributed by atoms with Crippen molar-refractivity contribution < 1.29 is 5.11 Å². The maximum atomic E-state index is 10.3. The lowest BCUT2D eigenvalue weighted by Crippen LogP contribution is -2.52. The van der Waals surface area contributed by atoms with Gasteiger partial charge >= 0.3 is 0 Å². The Hall–Kier alpha value is -0.300. The van der Waals surface area contributed by atoms with Crippen LogP contribution >= 0.6 is 0 Å². The van der Waals surface area contributed by atoms with Crippen LogP contribution in [0.1, 0.15) is 79.6 Å². The van der Waals surface area contributed by atoms with Gasteiger partial charge in [-0.1, -0.05) is 46.6 Å². The van der Waals surface area contributed by atoms with Crippen molar-refractivity contribution in [3.63, 3.8) is 0 Å². The molecule has 1 N–H and O–H groups in total. The summed E-state index contributed by atoms with van der Waals surface area (Å²) in [6.45, 7) is 15.7. The van der Waals surface area contributed by atoms with Gasteiger partial charge in [-0.2, -0.15) is 0 Å². The molecule has 0 radical (unpaired) electrons. The molecule has 0 aromatic heterocycles. The second-order valence-electron chi connectivity index (χ2n) is 8.90. The quantitative estimate of drug-likeness (QED) is 0.670. The Morgan fingerprint density at radius 3 is 2.48 bits per heavy atom. The topological polar surface area (TPSA) is 20.2 Å². The van der Waals surface area contributed by atoms with Gasteiger partial charge < -0.3 is 5.11 Å². The third-order valence-electron chi connectivity index (χ3n) is 7.70. The van der Waals surface area contributed by atoms with E-state index in [2.05, 4.69) is 34.3 Å². The van der Waals surface area contributed by atoms with E-state index in [9.17, 15) is 5.11 Å². The molecule has 0 aromatic rings. The molecule has 0 heterocycles. The van der Waals surface area contributed by atoms with Crippen molar-refractivity contribution in [3.8, 4) is 0 Å². The summed E-state index contributed by atoms with van der Waals surface area (Å²) in [5.74, 6) is 2.43. The van der Waals surface area contributed by atoms with Gasteiger partial charge in [0.2, 0.25) is 0 Å². The molecule has 6 atom stereocenters. The Bertz CT molecular complexity index is 385. The van der Waals surface area contributed by atoms with Gasteiger partial charge in [-0.05, 0) is 67.6 Å². The average molecular weight is 293 g/mol. The molecule has 0 aliphatic heterocycles. The Balaban J connectivity index is 2.23. The normalized spacial score (nSPS) is 46.5. The first-order valence-electron chi connectivity index (χ1n) is 9.02. The fourth-order valence-electron chi connectivity index (χ4n) is 5.38. The van der Waals surface area contributed by atoms with Crippen molar-refractivity contribution in [2.24, 2.45) is 28.6 Å². The zero-order valence-electron chi connectivity index (χ0n) is 14.9. The number of hydrogen-bond acceptors (Lipinski definition) is 1. The summed E-state index contributed by atoms with van der Waals surface area (Å²) in [6.07, 6.45) is 10.6. The highest BCUT2D eigenvalue weighted by Gasteiger charge is 2.54. The van der Waals surface area contributed by atoms with Crippen LogP contribution in [0.4, 0.5) is 0 Å². The molecular weight excluding hydrogens is 256 g/mol. The Labute approximate surface area is 132 Å². The van der Waals surface area contributed by atoms with Gasteiger partial charge in [0, 0.05) is 0 Å². The molecular formula is C20H36O. The summed E-state index contributed by atoms with van der Waals surface area (Å²) in [5, 5.41) is 10.3. The minimum absolute atomic E-state index is 0.370. The van der Waals surface area contributed by atoms with Crippen molar-refractivity contribution in [1.82, 2.24) is 0 Å². The van der Waals surface area contributed by atoms with Crippen LogP contribution in [0.15, 0.2) is 12.7 Å². The van der Waals surface area contributed by atoms with Crippen molar-refractivity contribution >= 4 is 0 Å². The standard InChI is InChI=1S/C20H36O/c1-7-18(4,21)13-14-20(6)16(3)11-12-19(5)15(2)9-8-10-17(19)20/h7,15-17,21H,1,8-14H2,2-6H3. The average Bonchev–Trinajstić information content (AvgIpc) is 2.44. The molecule has 1 heteroatoms. The predicted molar refractivity (Wildman–Crippen MR) is 91.2 cm³/mol. The molecule has 1 nitrogen and oxygen atoms in total. The highest BCUT2D eigenvalue weighted by Crippen LogP contribution is 2.63. The van der Waals surface area contributed by atoms with Crippen LogP contribution in [0.25, 0.3) is 0 Å². The van der Waals surface area contributed by atoms with E-state index < -0.39 is 5.60 Å². The highest BCUT2D eigenvalue weighted by molar-refractivity contribution is 5.05. The maximum Gasteiger partial charge on any atom is 0.0797 e. The van der Waals surface area contributed by atoms with E-state index in [-0.39, 0.29) is 0 Å². The predicted octanol–water partition coefficient (Wildman–Crippen LogP) is 5.58. The lowest BCUT2D eigenvalue weighted by atomic mass is 9.45. The Kier molecular flexibility index (Phi) is 4.65. The highest BCUT2D eigenvalue weighted by atomic mass is 16.3. The minimum atomic E-state index is -0.711. The third kappa shape index (κ3) is 2.96. The van der Waals surface area contributed by atoms with Gasteiger partial charge in [0.25, 0.3) is 0 Å². The third-order valence-corrected chi connectivity index (χ3v) is 7.70. The van der Waals surface area contributed by atoms with Crippen LogP contribution < -0.4 is 0 Å².